The molecule has 0 saturated heterocycles. The molecule has 1 aromatic heterocycles. The van der Waals surface area contributed by atoms with Crippen molar-refractivity contribution in [3.63, 3.8) is 0 Å². The molecule has 1 heterocycles. The van der Waals surface area contributed by atoms with E-state index in [2.05, 4.69) is 14.1 Å². The summed E-state index contributed by atoms with van der Waals surface area (Å²) >= 11 is 0. The van der Waals surface area contributed by atoms with Gasteiger partial charge in [-0.05, 0) is 6.42 Å². The van der Waals surface area contributed by atoms with E-state index in [4.69, 9.17) is 0 Å². The van der Waals surface area contributed by atoms with Gasteiger partial charge in [0.2, 0.25) is 0 Å². The fourth-order valence-corrected chi connectivity index (χ4v) is 1.50. The molecule has 1 aromatic rings. The summed E-state index contributed by atoms with van der Waals surface area (Å²) in [5.41, 5.74) is 0. The van der Waals surface area contributed by atoms with Crippen LogP contribution < -0.4 is 4.62 Å². The third-order valence-corrected chi connectivity index (χ3v) is 2.33. The molecule has 0 saturated carbocycles. The molecule has 0 radical (unpaired) electrons. The van der Waals surface area contributed by atoms with E-state index in [1.807, 2.05) is 6.92 Å². The summed E-state index contributed by atoms with van der Waals surface area (Å²) < 4.78 is 21.6. The van der Waals surface area contributed by atoms with Crippen LogP contribution in [0.25, 0.3) is 0 Å². The monoisotopic (exact) mass is 220 g/mol. The van der Waals surface area contributed by atoms with Crippen molar-refractivity contribution in [2.24, 2.45) is 0 Å². The number of aromatic nitrogens is 2. The molecule has 1 atom stereocenters. The fraction of sp³-hybridized carbons (Fsp3) is 0.571. The molecule has 14 heavy (non-hydrogen) atoms. The van der Waals surface area contributed by atoms with Gasteiger partial charge in [-0.2, -0.15) is 4.73 Å². The highest BCUT2D eigenvalue weighted by Crippen LogP contribution is 2.39. The minimum absolute atomic E-state index is 0.207. The van der Waals surface area contributed by atoms with Gasteiger partial charge in [0.1, 0.15) is 6.33 Å². The van der Waals surface area contributed by atoms with E-state index < -0.39 is 7.82 Å². The maximum atomic E-state index is 11.2. The molecule has 80 valence electrons. The lowest BCUT2D eigenvalue weighted by atomic mass is 10.4. The molecule has 0 aliphatic carbocycles. The maximum Gasteiger partial charge on any atom is 0.546 e. The molecule has 0 spiro atoms. The molecule has 6 nitrogen and oxygen atoms in total. The SMILES string of the molecule is CCCCOP(=O)(O)On1ccnc1. The van der Waals surface area contributed by atoms with Crippen molar-refractivity contribution >= 4 is 7.82 Å². The lowest BCUT2D eigenvalue weighted by Crippen LogP contribution is -2.08. The fourth-order valence-electron chi connectivity index (χ4n) is 0.762. The zero-order valence-electron chi connectivity index (χ0n) is 7.87. The lowest BCUT2D eigenvalue weighted by Gasteiger charge is -2.11. The van der Waals surface area contributed by atoms with Gasteiger partial charge < -0.3 is 4.62 Å². The second-order valence-corrected chi connectivity index (χ2v) is 4.02. The smallest absolute Gasteiger partial charge is 0.310 e. The van der Waals surface area contributed by atoms with Gasteiger partial charge in [0, 0.05) is 6.20 Å². The Labute approximate surface area is 82.1 Å². The first-order valence-electron chi connectivity index (χ1n) is 4.29. The van der Waals surface area contributed by atoms with Crippen LogP contribution in [0.4, 0.5) is 0 Å². The van der Waals surface area contributed by atoms with E-state index in [9.17, 15) is 9.46 Å². The predicted octanol–water partition coefficient (Wildman–Crippen LogP) is 1.23. The van der Waals surface area contributed by atoms with Crippen LogP contribution in [-0.4, -0.2) is 21.2 Å². The summed E-state index contributed by atoms with van der Waals surface area (Å²) in [6, 6.07) is 0. The second-order valence-electron chi connectivity index (χ2n) is 2.66. The van der Waals surface area contributed by atoms with E-state index in [1.54, 1.807) is 0 Å². The number of nitrogens with zero attached hydrogens (tertiary/aromatic N) is 2. The van der Waals surface area contributed by atoms with E-state index in [0.717, 1.165) is 17.6 Å². The highest BCUT2D eigenvalue weighted by Gasteiger charge is 2.22. The lowest BCUT2D eigenvalue weighted by molar-refractivity contribution is 0.135. The maximum absolute atomic E-state index is 11.2. The standard InChI is InChI=1S/C7H13N2O4P/c1-2-3-6-12-14(10,11)13-9-5-4-8-7-9/h4-5,7H,2-3,6H2,1H3,(H,10,11). The molecular formula is C7H13N2O4P. The number of hydrogen-bond donors (Lipinski definition) is 1. The molecule has 1 N–H and O–H groups in total. The van der Waals surface area contributed by atoms with Gasteiger partial charge in [-0.1, -0.05) is 13.3 Å². The first-order valence-corrected chi connectivity index (χ1v) is 5.79. The largest absolute Gasteiger partial charge is 0.546 e. The van der Waals surface area contributed by atoms with Gasteiger partial charge in [0.25, 0.3) is 0 Å². The zero-order chi connectivity index (χ0) is 10.4. The van der Waals surface area contributed by atoms with Crippen molar-refractivity contribution in [2.75, 3.05) is 6.61 Å². The highest BCUT2D eigenvalue weighted by molar-refractivity contribution is 7.47. The second kappa shape index (κ2) is 5.14. The molecule has 0 amide bonds. The molecule has 7 heteroatoms. The van der Waals surface area contributed by atoms with Gasteiger partial charge in [-0.3, -0.25) is 9.42 Å². The van der Waals surface area contributed by atoms with Crippen molar-refractivity contribution in [3.05, 3.63) is 18.7 Å². The van der Waals surface area contributed by atoms with Crippen LogP contribution in [0.1, 0.15) is 19.8 Å². The van der Waals surface area contributed by atoms with E-state index in [-0.39, 0.29) is 6.61 Å². The topological polar surface area (TPSA) is 73.6 Å². The van der Waals surface area contributed by atoms with E-state index in [0.29, 0.717) is 0 Å². The third-order valence-electron chi connectivity index (χ3n) is 1.43. The van der Waals surface area contributed by atoms with Crippen molar-refractivity contribution in [3.8, 4) is 0 Å². The van der Waals surface area contributed by atoms with Crippen LogP contribution in [-0.2, 0) is 9.09 Å². The number of phosphoric ester groups is 1. The van der Waals surface area contributed by atoms with Gasteiger partial charge in [0.05, 0.1) is 12.8 Å². The molecule has 1 unspecified atom stereocenters. The Morgan fingerprint density at radius 1 is 1.64 bits per heavy atom. The van der Waals surface area contributed by atoms with E-state index >= 15 is 0 Å². The van der Waals surface area contributed by atoms with Crippen molar-refractivity contribution in [1.82, 2.24) is 9.71 Å². The molecule has 0 aliphatic rings. The van der Waals surface area contributed by atoms with Gasteiger partial charge in [0.15, 0.2) is 0 Å². The summed E-state index contributed by atoms with van der Waals surface area (Å²) in [4.78, 5) is 12.8. The zero-order valence-corrected chi connectivity index (χ0v) is 8.76. The van der Waals surface area contributed by atoms with Crippen LogP contribution in [0, 0.1) is 0 Å². The normalized spacial score (nSPS) is 15.0. The number of hydrogen-bond acceptors (Lipinski definition) is 4. The van der Waals surface area contributed by atoms with Gasteiger partial charge >= 0.3 is 7.82 Å². The summed E-state index contributed by atoms with van der Waals surface area (Å²) in [6.45, 7) is 2.17. The average Bonchev–Trinajstić information content (AvgIpc) is 2.56. The Bertz CT molecular complexity index is 301. The first kappa shape index (κ1) is 11.2. The molecule has 0 bridgehead atoms. The predicted molar refractivity (Wildman–Crippen MR) is 49.5 cm³/mol. The molecule has 0 aromatic carbocycles. The van der Waals surface area contributed by atoms with Crippen molar-refractivity contribution in [2.45, 2.75) is 19.8 Å². The number of phosphoric acid groups is 1. The quantitative estimate of drug-likeness (QED) is 0.576. The Kier molecular flexibility index (Phi) is 4.13. The van der Waals surface area contributed by atoms with Crippen molar-refractivity contribution in [1.29, 1.82) is 0 Å². The molecular weight excluding hydrogens is 207 g/mol. The van der Waals surface area contributed by atoms with Crippen LogP contribution in [0.15, 0.2) is 18.7 Å². The Balaban J connectivity index is 2.38. The van der Waals surface area contributed by atoms with Crippen LogP contribution in [0.5, 0.6) is 0 Å². The van der Waals surface area contributed by atoms with Gasteiger partial charge in [-0.15, -0.1) is 0 Å². The summed E-state index contributed by atoms with van der Waals surface area (Å²) in [5, 5.41) is 0. The minimum atomic E-state index is -3.99. The molecule has 1 rings (SSSR count). The molecule has 0 aliphatic heterocycles. The number of imidazole rings is 1. The Hall–Kier alpha value is -0.840. The third kappa shape index (κ3) is 3.91. The summed E-state index contributed by atoms with van der Waals surface area (Å²) in [6.07, 6.45) is 5.73. The first-order chi connectivity index (χ1) is 6.64. The van der Waals surface area contributed by atoms with Crippen LogP contribution in [0.3, 0.4) is 0 Å². The highest BCUT2D eigenvalue weighted by atomic mass is 31.2. The summed E-state index contributed by atoms with van der Waals surface area (Å²) in [7, 11) is -3.99. The Morgan fingerprint density at radius 3 is 3.00 bits per heavy atom. The minimum Gasteiger partial charge on any atom is -0.310 e. The molecule has 0 fully saturated rings. The average molecular weight is 220 g/mol. The summed E-state index contributed by atoms with van der Waals surface area (Å²) in [5.74, 6) is 0. The van der Waals surface area contributed by atoms with Crippen molar-refractivity contribution < 1.29 is 18.6 Å². The van der Waals surface area contributed by atoms with Gasteiger partial charge in [-0.25, -0.2) is 9.55 Å². The van der Waals surface area contributed by atoms with E-state index in [1.165, 1.54) is 18.7 Å². The number of rotatable bonds is 6. The number of unbranched alkanes of at least 4 members (excludes halogenated alkanes) is 1. The Morgan fingerprint density at radius 2 is 2.43 bits per heavy atom. The van der Waals surface area contributed by atoms with Crippen LogP contribution >= 0.6 is 7.82 Å². The van der Waals surface area contributed by atoms with Crippen LogP contribution in [0.2, 0.25) is 0 Å².